The molecule has 1 N–H and O–H groups in total. The van der Waals surface area contributed by atoms with Crippen LogP contribution in [-0.4, -0.2) is 35.6 Å². The van der Waals surface area contributed by atoms with Crippen LogP contribution in [0.5, 0.6) is 0 Å². The van der Waals surface area contributed by atoms with E-state index in [0.717, 1.165) is 18.5 Å². The molecule has 2 aliphatic heterocycles. The topological polar surface area (TPSA) is 57.1 Å². The molecule has 3 rings (SSSR count). The molecule has 1 saturated heterocycles. The maximum atomic E-state index is 11.1. The number of thioether (sulfide) groups is 1. The Hall–Kier alpha value is -1.82. The van der Waals surface area contributed by atoms with Gasteiger partial charge in [0.2, 0.25) is 5.91 Å². The van der Waals surface area contributed by atoms with Crippen molar-refractivity contribution >= 4 is 34.7 Å². The number of nitrogens with zero attached hydrogens (tertiary/aromatic N) is 3. The number of fused-ring (bicyclic) bond motifs is 1. The summed E-state index contributed by atoms with van der Waals surface area (Å²) < 4.78 is 0. The van der Waals surface area contributed by atoms with Gasteiger partial charge >= 0.3 is 0 Å². The Morgan fingerprint density at radius 2 is 2.27 bits per heavy atom. The van der Waals surface area contributed by atoms with E-state index in [1.54, 1.807) is 6.21 Å². The van der Waals surface area contributed by atoms with Crippen molar-refractivity contribution in [1.82, 2.24) is 5.32 Å². The molecule has 1 aromatic carbocycles. The van der Waals surface area contributed by atoms with Crippen molar-refractivity contribution in [2.75, 3.05) is 17.2 Å². The summed E-state index contributed by atoms with van der Waals surface area (Å²) in [6.45, 7) is 5.59. The fourth-order valence-corrected chi connectivity index (χ4v) is 3.42. The van der Waals surface area contributed by atoms with Crippen molar-refractivity contribution in [3.63, 3.8) is 0 Å². The van der Waals surface area contributed by atoms with Gasteiger partial charge in [-0.15, -0.1) is 5.10 Å². The standard InChI is InChI=1S/C16H20N4OS/c1-11(2)20-7-3-4-13-8-12(5-6-14(13)20)9-17-19-16-18-15(21)10-22-16/h5-6,8-9,11H,3-4,7,10H2,1-2H3,(H,18,19,21). The van der Waals surface area contributed by atoms with Crippen molar-refractivity contribution in [2.45, 2.75) is 32.7 Å². The monoisotopic (exact) mass is 316 g/mol. The van der Waals surface area contributed by atoms with Crippen LogP contribution < -0.4 is 10.2 Å². The molecule has 0 aromatic heterocycles. The molecule has 0 spiro atoms. The summed E-state index contributed by atoms with van der Waals surface area (Å²) in [6.07, 6.45) is 4.05. The van der Waals surface area contributed by atoms with E-state index in [2.05, 4.69) is 52.5 Å². The average molecular weight is 316 g/mol. The minimum Gasteiger partial charge on any atom is -0.369 e. The van der Waals surface area contributed by atoms with Crippen LogP contribution in [-0.2, 0) is 11.2 Å². The third kappa shape index (κ3) is 3.32. The van der Waals surface area contributed by atoms with Gasteiger partial charge in [0.05, 0.1) is 12.0 Å². The number of amides is 1. The number of aryl methyl sites for hydroxylation is 1. The van der Waals surface area contributed by atoms with Crippen LogP contribution in [0.3, 0.4) is 0 Å². The van der Waals surface area contributed by atoms with Crippen LogP contribution >= 0.6 is 11.8 Å². The molecule has 116 valence electrons. The lowest BCUT2D eigenvalue weighted by Crippen LogP contribution is -2.35. The summed E-state index contributed by atoms with van der Waals surface area (Å²) in [5, 5.41) is 11.3. The summed E-state index contributed by atoms with van der Waals surface area (Å²) in [5.41, 5.74) is 3.76. The van der Waals surface area contributed by atoms with Crippen molar-refractivity contribution < 1.29 is 4.79 Å². The molecule has 6 heteroatoms. The van der Waals surface area contributed by atoms with E-state index in [-0.39, 0.29) is 5.91 Å². The number of benzene rings is 1. The summed E-state index contributed by atoms with van der Waals surface area (Å²) in [7, 11) is 0. The number of rotatable bonds is 3. The molecule has 5 nitrogen and oxygen atoms in total. The van der Waals surface area contributed by atoms with Crippen LogP contribution in [0.2, 0.25) is 0 Å². The Bertz CT molecular complexity index is 639. The lowest BCUT2D eigenvalue weighted by Gasteiger charge is -2.34. The van der Waals surface area contributed by atoms with Crippen molar-refractivity contribution in [3.05, 3.63) is 29.3 Å². The highest BCUT2D eigenvalue weighted by molar-refractivity contribution is 8.15. The van der Waals surface area contributed by atoms with Gasteiger partial charge < -0.3 is 10.2 Å². The summed E-state index contributed by atoms with van der Waals surface area (Å²) in [5.74, 6) is 0.416. The Balaban J connectivity index is 1.75. The lowest BCUT2D eigenvalue weighted by atomic mass is 9.98. The van der Waals surface area contributed by atoms with E-state index >= 15 is 0 Å². The highest BCUT2D eigenvalue weighted by Gasteiger charge is 2.19. The molecule has 1 aromatic rings. The minimum atomic E-state index is -0.0125. The zero-order valence-electron chi connectivity index (χ0n) is 12.9. The predicted molar refractivity (Wildman–Crippen MR) is 92.9 cm³/mol. The number of nitrogens with one attached hydrogen (secondary N) is 1. The van der Waals surface area contributed by atoms with Crippen LogP contribution in [0, 0.1) is 0 Å². The highest BCUT2D eigenvalue weighted by atomic mass is 32.2. The molecular weight excluding hydrogens is 296 g/mol. The van der Waals surface area contributed by atoms with Gasteiger partial charge in [0.15, 0.2) is 5.17 Å². The van der Waals surface area contributed by atoms with Gasteiger partial charge in [-0.1, -0.05) is 17.8 Å². The molecule has 0 unspecified atom stereocenters. The second kappa shape index (κ2) is 6.52. The van der Waals surface area contributed by atoms with Gasteiger partial charge in [-0.2, -0.15) is 5.10 Å². The Morgan fingerprint density at radius 1 is 1.41 bits per heavy atom. The minimum absolute atomic E-state index is 0.0125. The van der Waals surface area contributed by atoms with Crippen molar-refractivity contribution in [2.24, 2.45) is 10.2 Å². The largest absolute Gasteiger partial charge is 0.369 e. The van der Waals surface area contributed by atoms with E-state index < -0.39 is 0 Å². The predicted octanol–water partition coefficient (Wildman–Crippen LogP) is 2.40. The van der Waals surface area contributed by atoms with E-state index in [1.165, 1.54) is 29.4 Å². The molecule has 1 fully saturated rings. The molecule has 2 heterocycles. The first-order chi connectivity index (χ1) is 10.6. The molecule has 1 amide bonds. The van der Waals surface area contributed by atoms with E-state index in [9.17, 15) is 4.79 Å². The molecule has 2 aliphatic rings. The maximum absolute atomic E-state index is 11.1. The quantitative estimate of drug-likeness (QED) is 0.688. The molecule has 0 saturated carbocycles. The second-order valence-electron chi connectivity index (χ2n) is 5.77. The van der Waals surface area contributed by atoms with Gasteiger partial charge in [-0.3, -0.25) is 4.79 Å². The zero-order chi connectivity index (χ0) is 15.5. The average Bonchev–Trinajstić information content (AvgIpc) is 2.92. The fraction of sp³-hybridized carbons (Fsp3) is 0.438. The third-order valence-corrected chi connectivity index (χ3v) is 4.69. The third-order valence-electron chi connectivity index (χ3n) is 3.82. The summed E-state index contributed by atoms with van der Waals surface area (Å²) in [4.78, 5) is 13.5. The highest BCUT2D eigenvalue weighted by Crippen LogP contribution is 2.29. The number of hydrogen-bond donors (Lipinski definition) is 1. The normalized spacial score (nSPS) is 20.0. The molecule has 0 aliphatic carbocycles. The van der Waals surface area contributed by atoms with E-state index in [4.69, 9.17) is 0 Å². The van der Waals surface area contributed by atoms with Crippen LogP contribution in [0.25, 0.3) is 0 Å². The number of carbonyl (C=O) groups excluding carboxylic acids is 1. The Morgan fingerprint density at radius 3 is 3.00 bits per heavy atom. The van der Waals surface area contributed by atoms with Gasteiger partial charge in [0, 0.05) is 18.3 Å². The summed E-state index contributed by atoms with van der Waals surface area (Å²) >= 11 is 1.38. The van der Waals surface area contributed by atoms with Gasteiger partial charge in [-0.25, -0.2) is 0 Å². The molecule has 22 heavy (non-hydrogen) atoms. The van der Waals surface area contributed by atoms with Gasteiger partial charge in [-0.05, 0) is 49.9 Å². The molecular formula is C16H20N4OS. The maximum Gasteiger partial charge on any atom is 0.236 e. The van der Waals surface area contributed by atoms with Crippen molar-refractivity contribution in [3.8, 4) is 0 Å². The lowest BCUT2D eigenvalue weighted by molar-refractivity contribution is -0.116. The van der Waals surface area contributed by atoms with Gasteiger partial charge in [0.25, 0.3) is 0 Å². The van der Waals surface area contributed by atoms with E-state index in [0.29, 0.717) is 17.0 Å². The second-order valence-corrected chi connectivity index (χ2v) is 6.73. The number of amidine groups is 1. The number of anilines is 1. The fourth-order valence-electron chi connectivity index (χ4n) is 2.79. The van der Waals surface area contributed by atoms with E-state index in [1.807, 2.05) is 0 Å². The van der Waals surface area contributed by atoms with Crippen molar-refractivity contribution in [1.29, 1.82) is 0 Å². The zero-order valence-corrected chi connectivity index (χ0v) is 13.7. The SMILES string of the molecule is CC(C)N1CCCc2cc(C=NN=C3NC(=O)CS3)ccc21. The molecule has 0 atom stereocenters. The van der Waals surface area contributed by atoms with Crippen LogP contribution in [0.15, 0.2) is 28.4 Å². The first-order valence-electron chi connectivity index (χ1n) is 7.57. The summed E-state index contributed by atoms with van der Waals surface area (Å²) in [6, 6.07) is 6.96. The number of carbonyl (C=O) groups is 1. The van der Waals surface area contributed by atoms with Crippen LogP contribution in [0.4, 0.5) is 5.69 Å². The Labute approximate surface area is 134 Å². The molecule has 0 radical (unpaired) electrons. The van der Waals surface area contributed by atoms with Crippen LogP contribution in [0.1, 0.15) is 31.4 Å². The molecule has 0 bridgehead atoms. The first-order valence-corrected chi connectivity index (χ1v) is 8.55. The number of hydrogen-bond acceptors (Lipinski definition) is 5. The Kier molecular flexibility index (Phi) is 4.47. The van der Waals surface area contributed by atoms with Gasteiger partial charge in [0.1, 0.15) is 0 Å². The smallest absolute Gasteiger partial charge is 0.236 e. The first kappa shape index (κ1) is 15.1.